The number of pyridine rings is 1. The molecule has 0 aliphatic carbocycles. The number of nitro groups is 1. The van der Waals surface area contributed by atoms with Gasteiger partial charge in [-0.15, -0.1) is 0 Å². The van der Waals surface area contributed by atoms with Crippen LogP contribution >= 0.6 is 23.2 Å². The van der Waals surface area contributed by atoms with Crippen LogP contribution in [0.25, 0.3) is 0 Å². The predicted octanol–water partition coefficient (Wildman–Crippen LogP) is 3.86. The van der Waals surface area contributed by atoms with Gasteiger partial charge in [0.25, 0.3) is 11.6 Å². The molecule has 1 N–H and O–H groups in total. The second kappa shape index (κ2) is 6.07. The van der Waals surface area contributed by atoms with Crippen LogP contribution in [-0.4, -0.2) is 15.8 Å². The van der Waals surface area contributed by atoms with Crippen LogP contribution in [0.3, 0.4) is 0 Å². The summed E-state index contributed by atoms with van der Waals surface area (Å²) in [5, 5.41) is 13.5. The van der Waals surface area contributed by atoms with Crippen LogP contribution in [0.15, 0.2) is 30.3 Å². The first kappa shape index (κ1) is 15.2. The monoisotopic (exact) mass is 325 g/mol. The number of hydrogen-bond acceptors (Lipinski definition) is 4. The first-order valence-corrected chi connectivity index (χ1v) is 6.52. The van der Waals surface area contributed by atoms with Gasteiger partial charge < -0.3 is 5.32 Å². The molecule has 0 saturated heterocycles. The molecule has 0 aliphatic heterocycles. The molecule has 1 heterocycles. The van der Waals surface area contributed by atoms with Crippen molar-refractivity contribution in [3.8, 4) is 0 Å². The smallest absolute Gasteiger partial charge is 0.293 e. The average Bonchev–Trinajstić information content (AvgIpc) is 2.40. The average molecular weight is 326 g/mol. The number of nitrogens with one attached hydrogen (secondary N) is 1. The zero-order valence-electron chi connectivity index (χ0n) is 10.8. The molecule has 1 amide bonds. The molecule has 21 heavy (non-hydrogen) atoms. The molecule has 0 unspecified atom stereocenters. The van der Waals surface area contributed by atoms with Gasteiger partial charge in [0.15, 0.2) is 0 Å². The van der Waals surface area contributed by atoms with E-state index in [1.54, 1.807) is 13.0 Å². The molecule has 0 atom stereocenters. The third-order valence-corrected chi connectivity index (χ3v) is 3.16. The summed E-state index contributed by atoms with van der Waals surface area (Å²) in [7, 11) is 0. The molecule has 6 nitrogen and oxygen atoms in total. The van der Waals surface area contributed by atoms with Gasteiger partial charge in [0.2, 0.25) is 0 Å². The Labute approximate surface area is 129 Å². The quantitative estimate of drug-likeness (QED) is 0.527. The van der Waals surface area contributed by atoms with E-state index < -0.39 is 10.8 Å². The number of nitrogens with zero attached hydrogens (tertiary/aromatic N) is 2. The highest BCUT2D eigenvalue weighted by Gasteiger charge is 2.18. The van der Waals surface area contributed by atoms with E-state index in [0.29, 0.717) is 5.56 Å². The Morgan fingerprint density at radius 3 is 2.62 bits per heavy atom. The SMILES string of the molecule is Cc1ccc(NC(=O)c2ccc(Cl)nc2Cl)c([N+](=O)[O-])c1. The largest absolute Gasteiger partial charge is 0.316 e. The fourth-order valence-electron chi connectivity index (χ4n) is 1.67. The van der Waals surface area contributed by atoms with Crippen molar-refractivity contribution in [2.45, 2.75) is 6.92 Å². The summed E-state index contributed by atoms with van der Waals surface area (Å²) >= 11 is 11.5. The Morgan fingerprint density at radius 2 is 2.00 bits per heavy atom. The van der Waals surface area contributed by atoms with E-state index in [1.165, 1.54) is 24.3 Å². The first-order valence-electron chi connectivity index (χ1n) is 5.77. The van der Waals surface area contributed by atoms with Crippen LogP contribution in [-0.2, 0) is 0 Å². The maximum absolute atomic E-state index is 12.1. The van der Waals surface area contributed by atoms with Gasteiger partial charge in [0.1, 0.15) is 16.0 Å². The predicted molar refractivity (Wildman–Crippen MR) is 80.0 cm³/mol. The Morgan fingerprint density at radius 1 is 1.29 bits per heavy atom. The minimum Gasteiger partial charge on any atom is -0.316 e. The van der Waals surface area contributed by atoms with Crippen LogP contribution in [0.1, 0.15) is 15.9 Å². The molecule has 1 aromatic heterocycles. The summed E-state index contributed by atoms with van der Waals surface area (Å²) < 4.78 is 0. The number of hydrogen-bond donors (Lipinski definition) is 1. The Kier molecular flexibility index (Phi) is 4.40. The number of carbonyl (C=O) groups is 1. The topological polar surface area (TPSA) is 85.1 Å². The van der Waals surface area contributed by atoms with Gasteiger partial charge in [0.05, 0.1) is 10.5 Å². The normalized spacial score (nSPS) is 10.2. The lowest BCUT2D eigenvalue weighted by Crippen LogP contribution is -2.14. The molecule has 0 radical (unpaired) electrons. The highest BCUT2D eigenvalue weighted by Crippen LogP contribution is 2.26. The van der Waals surface area contributed by atoms with Crippen molar-refractivity contribution in [3.05, 3.63) is 61.9 Å². The van der Waals surface area contributed by atoms with Crippen molar-refractivity contribution >= 4 is 40.5 Å². The molecule has 108 valence electrons. The maximum Gasteiger partial charge on any atom is 0.293 e. The number of aromatic nitrogens is 1. The van der Waals surface area contributed by atoms with Gasteiger partial charge in [0, 0.05) is 6.07 Å². The van der Waals surface area contributed by atoms with E-state index in [0.717, 1.165) is 0 Å². The van der Waals surface area contributed by atoms with Gasteiger partial charge in [-0.3, -0.25) is 14.9 Å². The van der Waals surface area contributed by atoms with Gasteiger partial charge >= 0.3 is 0 Å². The van der Waals surface area contributed by atoms with Crippen LogP contribution in [0, 0.1) is 17.0 Å². The minimum atomic E-state index is -0.601. The Hall–Kier alpha value is -2.18. The third kappa shape index (κ3) is 3.48. The zero-order valence-corrected chi connectivity index (χ0v) is 12.3. The van der Waals surface area contributed by atoms with E-state index in [2.05, 4.69) is 10.3 Å². The van der Waals surface area contributed by atoms with E-state index in [-0.39, 0.29) is 27.2 Å². The van der Waals surface area contributed by atoms with Crippen LogP contribution in [0.4, 0.5) is 11.4 Å². The zero-order chi connectivity index (χ0) is 15.6. The van der Waals surface area contributed by atoms with E-state index in [4.69, 9.17) is 23.2 Å². The molecule has 8 heteroatoms. The van der Waals surface area contributed by atoms with E-state index in [1.807, 2.05) is 0 Å². The van der Waals surface area contributed by atoms with Crippen LogP contribution in [0.2, 0.25) is 10.3 Å². The number of benzene rings is 1. The number of rotatable bonds is 3. The van der Waals surface area contributed by atoms with Crippen molar-refractivity contribution in [1.82, 2.24) is 4.98 Å². The molecule has 2 rings (SSSR count). The minimum absolute atomic E-state index is 0.0743. The number of nitro benzene ring substituents is 1. The standard InChI is InChI=1S/C13H9Cl2N3O3/c1-7-2-4-9(10(6-7)18(20)21)16-13(19)8-3-5-11(14)17-12(8)15/h2-6H,1H3,(H,16,19). The van der Waals surface area contributed by atoms with Crippen molar-refractivity contribution in [3.63, 3.8) is 0 Å². The molecule has 0 spiro atoms. The van der Waals surface area contributed by atoms with Crippen molar-refractivity contribution in [2.24, 2.45) is 0 Å². The third-order valence-electron chi connectivity index (χ3n) is 2.66. The lowest BCUT2D eigenvalue weighted by Gasteiger charge is -2.07. The van der Waals surface area contributed by atoms with Crippen molar-refractivity contribution < 1.29 is 9.72 Å². The molecular formula is C13H9Cl2N3O3. The highest BCUT2D eigenvalue weighted by atomic mass is 35.5. The number of anilines is 1. The van der Waals surface area contributed by atoms with E-state index >= 15 is 0 Å². The summed E-state index contributed by atoms with van der Waals surface area (Å²) in [4.78, 5) is 26.3. The highest BCUT2D eigenvalue weighted by molar-refractivity contribution is 6.35. The second-order valence-corrected chi connectivity index (χ2v) is 4.95. The molecule has 2 aromatic rings. The summed E-state index contributed by atoms with van der Waals surface area (Å²) in [6, 6.07) is 7.29. The number of amides is 1. The summed E-state index contributed by atoms with van der Waals surface area (Å²) in [6.45, 7) is 1.72. The van der Waals surface area contributed by atoms with Gasteiger partial charge in [-0.25, -0.2) is 4.98 Å². The van der Waals surface area contributed by atoms with Crippen molar-refractivity contribution in [2.75, 3.05) is 5.32 Å². The summed E-state index contributed by atoms with van der Waals surface area (Å²) in [5.74, 6) is -0.601. The van der Waals surface area contributed by atoms with Gasteiger partial charge in [-0.2, -0.15) is 0 Å². The van der Waals surface area contributed by atoms with Gasteiger partial charge in [-0.1, -0.05) is 29.3 Å². The lowest BCUT2D eigenvalue weighted by atomic mass is 10.2. The fraction of sp³-hybridized carbons (Fsp3) is 0.0769. The Balaban J connectivity index is 2.34. The van der Waals surface area contributed by atoms with Crippen LogP contribution < -0.4 is 5.32 Å². The Bertz CT molecular complexity index is 735. The summed E-state index contributed by atoms with van der Waals surface area (Å²) in [5.41, 5.74) is 0.685. The molecule has 0 fully saturated rings. The second-order valence-electron chi connectivity index (χ2n) is 4.20. The first-order chi connectivity index (χ1) is 9.88. The number of carbonyl (C=O) groups excluding carboxylic acids is 1. The fourth-order valence-corrected chi connectivity index (χ4v) is 2.10. The molecular weight excluding hydrogens is 317 g/mol. The van der Waals surface area contributed by atoms with Crippen LogP contribution in [0.5, 0.6) is 0 Å². The summed E-state index contributed by atoms with van der Waals surface area (Å²) in [6.07, 6.45) is 0. The molecule has 0 bridgehead atoms. The van der Waals surface area contributed by atoms with Gasteiger partial charge in [-0.05, 0) is 30.7 Å². The molecule has 1 aromatic carbocycles. The van der Waals surface area contributed by atoms with E-state index in [9.17, 15) is 14.9 Å². The lowest BCUT2D eigenvalue weighted by molar-refractivity contribution is -0.384. The maximum atomic E-state index is 12.1. The number of aryl methyl sites for hydroxylation is 1. The number of halogens is 2. The molecule has 0 aliphatic rings. The molecule has 0 saturated carbocycles. The van der Waals surface area contributed by atoms with Crippen molar-refractivity contribution in [1.29, 1.82) is 0 Å².